The van der Waals surface area contributed by atoms with Gasteiger partial charge in [-0.2, -0.15) is 0 Å². The minimum Gasteiger partial charge on any atom is -0.504 e. The number of hydrogen-bond donors (Lipinski definition) is 2. The maximum Gasteiger partial charge on any atom is 0.227 e. The maximum atomic E-state index is 12.3. The van der Waals surface area contributed by atoms with E-state index in [0.29, 0.717) is 12.3 Å². The predicted octanol–water partition coefficient (Wildman–Crippen LogP) is 1.78. The number of phenols is 1. The molecular formula is C15H23ClN2O3. The second-order valence-electron chi connectivity index (χ2n) is 5.24. The fraction of sp³-hybridized carbons (Fsp3) is 0.533. The molecule has 0 radical (unpaired) electrons. The van der Waals surface area contributed by atoms with Gasteiger partial charge in [-0.05, 0) is 37.1 Å². The summed E-state index contributed by atoms with van der Waals surface area (Å²) in [7, 11) is 3.33. The van der Waals surface area contributed by atoms with Crippen LogP contribution in [0.4, 0.5) is 0 Å². The summed E-state index contributed by atoms with van der Waals surface area (Å²) in [6.07, 6.45) is 2.01. The van der Waals surface area contributed by atoms with E-state index in [2.05, 4.69) is 5.32 Å². The second-order valence-corrected chi connectivity index (χ2v) is 5.24. The number of carbonyl (C=O) groups excluding carboxylic acids is 1. The molecule has 1 heterocycles. The van der Waals surface area contributed by atoms with Gasteiger partial charge in [-0.3, -0.25) is 4.79 Å². The van der Waals surface area contributed by atoms with E-state index in [9.17, 15) is 9.90 Å². The zero-order valence-corrected chi connectivity index (χ0v) is 13.3. The summed E-state index contributed by atoms with van der Waals surface area (Å²) < 4.78 is 5.08. The van der Waals surface area contributed by atoms with Gasteiger partial charge in [-0.25, -0.2) is 0 Å². The van der Waals surface area contributed by atoms with Crippen LogP contribution >= 0.6 is 12.4 Å². The van der Waals surface area contributed by atoms with E-state index in [-0.39, 0.29) is 30.0 Å². The molecule has 1 aliphatic heterocycles. The molecule has 0 saturated carbocycles. The normalized spacial score (nSPS) is 17.7. The molecular weight excluding hydrogens is 292 g/mol. The summed E-state index contributed by atoms with van der Waals surface area (Å²) >= 11 is 0. The van der Waals surface area contributed by atoms with Crippen molar-refractivity contribution in [1.29, 1.82) is 0 Å². The van der Waals surface area contributed by atoms with Gasteiger partial charge in [-0.1, -0.05) is 6.07 Å². The Morgan fingerprint density at radius 3 is 2.90 bits per heavy atom. The first-order valence-electron chi connectivity index (χ1n) is 6.93. The number of benzene rings is 1. The van der Waals surface area contributed by atoms with Crippen LogP contribution in [0.2, 0.25) is 0 Å². The fourth-order valence-electron chi connectivity index (χ4n) is 2.55. The molecule has 0 aromatic heterocycles. The van der Waals surface area contributed by atoms with E-state index in [1.807, 2.05) is 7.05 Å². The number of halogens is 1. The zero-order valence-electron chi connectivity index (χ0n) is 12.5. The van der Waals surface area contributed by atoms with E-state index in [0.717, 1.165) is 31.5 Å². The van der Waals surface area contributed by atoms with Crippen LogP contribution in [0.15, 0.2) is 18.2 Å². The molecule has 0 spiro atoms. The van der Waals surface area contributed by atoms with E-state index in [4.69, 9.17) is 4.74 Å². The Morgan fingerprint density at radius 1 is 1.52 bits per heavy atom. The van der Waals surface area contributed by atoms with Gasteiger partial charge >= 0.3 is 0 Å². The SMILES string of the molecule is COc1cc(CN(C)C(=O)C2CCCNC2)ccc1O.Cl. The van der Waals surface area contributed by atoms with Crippen molar-refractivity contribution in [2.75, 3.05) is 27.2 Å². The molecule has 1 saturated heterocycles. The van der Waals surface area contributed by atoms with Crippen molar-refractivity contribution >= 4 is 18.3 Å². The minimum atomic E-state index is 0. The average Bonchev–Trinajstić information content (AvgIpc) is 2.49. The van der Waals surface area contributed by atoms with Crippen LogP contribution in [-0.4, -0.2) is 43.2 Å². The average molecular weight is 315 g/mol. The number of piperidine rings is 1. The van der Waals surface area contributed by atoms with Crippen molar-refractivity contribution in [2.45, 2.75) is 19.4 Å². The van der Waals surface area contributed by atoms with Gasteiger partial charge < -0.3 is 20.1 Å². The number of nitrogens with one attached hydrogen (secondary N) is 1. The van der Waals surface area contributed by atoms with Crippen molar-refractivity contribution in [1.82, 2.24) is 10.2 Å². The van der Waals surface area contributed by atoms with Crippen LogP contribution in [-0.2, 0) is 11.3 Å². The lowest BCUT2D eigenvalue weighted by Crippen LogP contribution is -2.41. The topological polar surface area (TPSA) is 61.8 Å². The maximum absolute atomic E-state index is 12.3. The Hall–Kier alpha value is -1.46. The summed E-state index contributed by atoms with van der Waals surface area (Å²) in [6.45, 7) is 2.29. The molecule has 1 amide bonds. The van der Waals surface area contributed by atoms with Crippen molar-refractivity contribution in [2.24, 2.45) is 5.92 Å². The quantitative estimate of drug-likeness (QED) is 0.889. The monoisotopic (exact) mass is 314 g/mol. The smallest absolute Gasteiger partial charge is 0.227 e. The van der Waals surface area contributed by atoms with Crippen molar-refractivity contribution in [3.05, 3.63) is 23.8 Å². The summed E-state index contributed by atoms with van der Waals surface area (Å²) in [6, 6.07) is 5.16. The highest BCUT2D eigenvalue weighted by molar-refractivity contribution is 5.85. The Bertz CT molecular complexity index is 476. The molecule has 1 aliphatic rings. The number of phenolic OH excluding ortho intramolecular Hbond substituents is 1. The van der Waals surface area contributed by atoms with E-state index < -0.39 is 0 Å². The number of hydrogen-bond acceptors (Lipinski definition) is 4. The van der Waals surface area contributed by atoms with Crippen LogP contribution in [0.3, 0.4) is 0 Å². The minimum absolute atomic E-state index is 0. The Balaban J connectivity index is 0.00000220. The van der Waals surface area contributed by atoms with Gasteiger partial charge in [0.1, 0.15) is 0 Å². The van der Waals surface area contributed by atoms with Crippen molar-refractivity contribution in [3.8, 4) is 11.5 Å². The molecule has 1 aromatic carbocycles. The summed E-state index contributed by atoms with van der Waals surface area (Å²) in [5, 5.41) is 12.8. The number of methoxy groups -OCH3 is 1. The summed E-state index contributed by atoms with van der Waals surface area (Å²) in [5.74, 6) is 0.793. The molecule has 118 valence electrons. The highest BCUT2D eigenvalue weighted by Gasteiger charge is 2.23. The number of ether oxygens (including phenoxy) is 1. The molecule has 21 heavy (non-hydrogen) atoms. The predicted molar refractivity (Wildman–Crippen MR) is 84.0 cm³/mol. The van der Waals surface area contributed by atoms with Crippen molar-refractivity contribution < 1.29 is 14.6 Å². The van der Waals surface area contributed by atoms with Crippen LogP contribution < -0.4 is 10.1 Å². The fourth-order valence-corrected chi connectivity index (χ4v) is 2.55. The first-order valence-corrected chi connectivity index (χ1v) is 6.93. The number of nitrogens with zero attached hydrogens (tertiary/aromatic N) is 1. The molecule has 1 fully saturated rings. The van der Waals surface area contributed by atoms with Crippen LogP contribution in [0.25, 0.3) is 0 Å². The molecule has 0 aliphatic carbocycles. The second kappa shape index (κ2) is 8.10. The van der Waals surface area contributed by atoms with Crippen molar-refractivity contribution in [3.63, 3.8) is 0 Å². The summed E-state index contributed by atoms with van der Waals surface area (Å²) in [4.78, 5) is 14.1. The highest BCUT2D eigenvalue weighted by atomic mass is 35.5. The van der Waals surface area contributed by atoms with Gasteiger partial charge in [-0.15, -0.1) is 12.4 Å². The van der Waals surface area contributed by atoms with Gasteiger partial charge in [0.15, 0.2) is 11.5 Å². The lowest BCUT2D eigenvalue weighted by molar-refractivity contribution is -0.135. The van der Waals surface area contributed by atoms with E-state index in [1.54, 1.807) is 23.1 Å². The van der Waals surface area contributed by atoms with Gasteiger partial charge in [0.05, 0.1) is 13.0 Å². The molecule has 0 bridgehead atoms. The molecule has 2 N–H and O–H groups in total. The summed E-state index contributed by atoms with van der Waals surface area (Å²) in [5.41, 5.74) is 0.944. The molecule has 5 nitrogen and oxygen atoms in total. The number of aromatic hydroxyl groups is 1. The lowest BCUT2D eigenvalue weighted by Gasteiger charge is -2.27. The third kappa shape index (κ3) is 4.51. The lowest BCUT2D eigenvalue weighted by atomic mass is 9.98. The van der Waals surface area contributed by atoms with E-state index >= 15 is 0 Å². The third-order valence-electron chi connectivity index (χ3n) is 3.69. The molecule has 1 aromatic rings. The van der Waals surface area contributed by atoms with Gasteiger partial charge in [0.25, 0.3) is 0 Å². The largest absolute Gasteiger partial charge is 0.504 e. The molecule has 1 atom stereocenters. The standard InChI is InChI=1S/C15H22N2O3.ClH/c1-17(15(19)12-4-3-7-16-9-12)10-11-5-6-13(18)14(8-11)20-2;/h5-6,8,12,16,18H,3-4,7,9-10H2,1-2H3;1H. The highest BCUT2D eigenvalue weighted by Crippen LogP contribution is 2.27. The first-order chi connectivity index (χ1) is 9.61. The van der Waals surface area contributed by atoms with Gasteiger partial charge in [0, 0.05) is 20.1 Å². The third-order valence-corrected chi connectivity index (χ3v) is 3.69. The Kier molecular flexibility index (Phi) is 6.78. The van der Waals surface area contributed by atoms with Crippen LogP contribution in [0, 0.1) is 5.92 Å². The van der Waals surface area contributed by atoms with Crippen LogP contribution in [0.5, 0.6) is 11.5 Å². The molecule has 1 unspecified atom stereocenters. The Morgan fingerprint density at radius 2 is 2.29 bits per heavy atom. The first kappa shape index (κ1) is 17.6. The Labute approximate surface area is 131 Å². The van der Waals surface area contributed by atoms with Crippen LogP contribution in [0.1, 0.15) is 18.4 Å². The number of amides is 1. The number of rotatable bonds is 4. The molecule has 2 rings (SSSR count). The van der Waals surface area contributed by atoms with Gasteiger partial charge in [0.2, 0.25) is 5.91 Å². The zero-order chi connectivity index (χ0) is 14.5. The molecule has 6 heteroatoms. The number of carbonyl (C=O) groups is 1. The van der Waals surface area contributed by atoms with E-state index in [1.165, 1.54) is 7.11 Å².